The van der Waals surface area contributed by atoms with Crippen molar-refractivity contribution in [1.29, 1.82) is 0 Å². The zero-order valence-corrected chi connectivity index (χ0v) is 26.3. The van der Waals surface area contributed by atoms with E-state index in [9.17, 15) is 30.0 Å². The minimum Gasteiger partial charge on any atom is -0.507 e. The Balaban J connectivity index is 0.000000207. The number of phenols is 2. The molecule has 4 N–H and O–H groups in total. The van der Waals surface area contributed by atoms with Crippen molar-refractivity contribution in [2.45, 2.75) is 32.4 Å². The number of carboxylic acid groups (broad SMARTS) is 2. The SMILES string of the molecule is C[C@@H](Cc1ccccc1)N(C)Cc1ccccc1.O=C(O)c1cc2ccccc2c(Cc2c(O)c(C(=O)O)cc3ccccc23)c1O. The number of rotatable bonds is 9. The minimum absolute atomic E-state index is 0.0407. The Kier molecular flexibility index (Phi) is 10.2. The first kappa shape index (κ1) is 32.7. The highest BCUT2D eigenvalue weighted by Gasteiger charge is 2.22. The molecule has 0 aliphatic rings. The second-order valence-corrected chi connectivity index (χ2v) is 11.7. The van der Waals surface area contributed by atoms with Crippen LogP contribution in [0.4, 0.5) is 0 Å². The third-order valence-corrected chi connectivity index (χ3v) is 8.47. The second kappa shape index (κ2) is 14.6. The Bertz CT molecular complexity index is 1880. The van der Waals surface area contributed by atoms with Gasteiger partial charge in [-0.3, -0.25) is 4.90 Å². The number of aromatic hydroxyl groups is 2. The molecule has 238 valence electrons. The van der Waals surface area contributed by atoms with Crippen molar-refractivity contribution in [3.05, 3.63) is 155 Å². The highest BCUT2D eigenvalue weighted by Crippen LogP contribution is 2.38. The van der Waals surface area contributed by atoms with Crippen molar-refractivity contribution in [2.75, 3.05) is 7.05 Å². The van der Waals surface area contributed by atoms with Gasteiger partial charge in [-0.2, -0.15) is 0 Å². The highest BCUT2D eigenvalue weighted by molar-refractivity contribution is 6.02. The van der Waals surface area contributed by atoms with Gasteiger partial charge in [0.1, 0.15) is 22.6 Å². The average Bonchev–Trinajstić information content (AvgIpc) is 3.07. The van der Waals surface area contributed by atoms with Crippen LogP contribution in [0.15, 0.2) is 121 Å². The molecule has 0 fully saturated rings. The first-order chi connectivity index (χ1) is 22.6. The maximum atomic E-state index is 11.6. The van der Waals surface area contributed by atoms with Gasteiger partial charge in [-0.1, -0.05) is 109 Å². The number of likely N-dealkylation sites (N-methyl/N-ethyl adjacent to an activating group) is 1. The normalized spacial score (nSPS) is 11.6. The van der Waals surface area contributed by atoms with Crippen LogP contribution in [-0.2, 0) is 19.4 Å². The first-order valence-corrected chi connectivity index (χ1v) is 15.4. The zero-order chi connectivity index (χ0) is 33.5. The van der Waals surface area contributed by atoms with E-state index in [0.717, 1.165) is 13.0 Å². The molecule has 6 aromatic carbocycles. The third kappa shape index (κ3) is 7.60. The van der Waals surface area contributed by atoms with Crippen LogP contribution < -0.4 is 0 Å². The van der Waals surface area contributed by atoms with Crippen LogP contribution in [-0.4, -0.2) is 50.4 Å². The fourth-order valence-electron chi connectivity index (χ4n) is 5.82. The van der Waals surface area contributed by atoms with Gasteiger partial charge >= 0.3 is 11.9 Å². The molecule has 47 heavy (non-hydrogen) atoms. The van der Waals surface area contributed by atoms with Gasteiger partial charge in [0, 0.05) is 30.1 Å². The molecule has 0 unspecified atom stereocenters. The van der Waals surface area contributed by atoms with Crippen LogP contribution in [0.2, 0.25) is 0 Å². The summed E-state index contributed by atoms with van der Waals surface area (Å²) in [5.41, 5.74) is 2.89. The molecule has 0 saturated heterocycles. The molecule has 6 rings (SSSR count). The lowest BCUT2D eigenvalue weighted by Gasteiger charge is -2.24. The van der Waals surface area contributed by atoms with Gasteiger partial charge in [-0.05, 0) is 65.2 Å². The number of fused-ring (bicyclic) bond motifs is 2. The highest BCUT2D eigenvalue weighted by atomic mass is 16.4. The number of aromatic carboxylic acids is 2. The molecule has 1 atom stereocenters. The van der Waals surface area contributed by atoms with E-state index in [1.54, 1.807) is 48.5 Å². The Hall–Kier alpha value is -5.66. The molecule has 7 heteroatoms. The van der Waals surface area contributed by atoms with Crippen molar-refractivity contribution < 1.29 is 30.0 Å². The number of hydrogen-bond donors (Lipinski definition) is 4. The summed E-state index contributed by atoms with van der Waals surface area (Å²) in [6, 6.07) is 38.7. The lowest BCUT2D eigenvalue weighted by Crippen LogP contribution is -2.30. The summed E-state index contributed by atoms with van der Waals surface area (Å²) in [6.07, 6.45) is 1.06. The monoisotopic (exact) mass is 627 g/mol. The van der Waals surface area contributed by atoms with E-state index >= 15 is 0 Å². The van der Waals surface area contributed by atoms with Crippen molar-refractivity contribution >= 4 is 33.5 Å². The largest absolute Gasteiger partial charge is 0.507 e. The maximum absolute atomic E-state index is 11.6. The Morgan fingerprint density at radius 2 is 1.02 bits per heavy atom. The Morgan fingerprint density at radius 3 is 1.47 bits per heavy atom. The van der Waals surface area contributed by atoms with Gasteiger partial charge < -0.3 is 20.4 Å². The average molecular weight is 628 g/mol. The molecular formula is C40H37NO6. The number of carbonyl (C=O) groups is 2. The molecule has 0 saturated carbocycles. The zero-order valence-electron chi connectivity index (χ0n) is 26.3. The third-order valence-electron chi connectivity index (χ3n) is 8.47. The van der Waals surface area contributed by atoms with Gasteiger partial charge in [-0.15, -0.1) is 0 Å². The van der Waals surface area contributed by atoms with E-state index in [0.29, 0.717) is 38.7 Å². The number of benzene rings is 6. The van der Waals surface area contributed by atoms with Gasteiger partial charge in [0.05, 0.1) is 0 Å². The standard InChI is InChI=1S/C23H16O6.C17H21N/c24-20-16(14-7-3-1-5-12(14)9-18(20)22(26)27)11-17-15-8-4-2-6-13(15)10-19(21(17)25)23(28)29;1-15(13-16-9-5-3-6-10-16)18(2)14-17-11-7-4-8-12-17/h1-10,24-25H,11H2,(H,26,27)(H,28,29);3-12,15H,13-14H2,1-2H3/t;15-/m.0/s1. The van der Waals surface area contributed by atoms with Crippen LogP contribution in [0.1, 0.15) is 49.9 Å². The van der Waals surface area contributed by atoms with Gasteiger partial charge in [0.15, 0.2) is 0 Å². The molecule has 6 aromatic rings. The molecule has 0 aromatic heterocycles. The van der Waals surface area contributed by atoms with Crippen LogP contribution in [0.25, 0.3) is 21.5 Å². The van der Waals surface area contributed by atoms with E-state index < -0.39 is 23.4 Å². The van der Waals surface area contributed by atoms with Crippen LogP contribution in [0.3, 0.4) is 0 Å². The molecular weight excluding hydrogens is 590 g/mol. The van der Waals surface area contributed by atoms with Crippen molar-refractivity contribution in [3.8, 4) is 11.5 Å². The first-order valence-electron chi connectivity index (χ1n) is 15.4. The van der Waals surface area contributed by atoms with Gasteiger partial charge in [0.25, 0.3) is 0 Å². The fourth-order valence-corrected chi connectivity index (χ4v) is 5.82. The summed E-state index contributed by atoms with van der Waals surface area (Å²) in [4.78, 5) is 25.6. The van der Waals surface area contributed by atoms with E-state index in [2.05, 4.69) is 79.5 Å². The molecule has 0 radical (unpaired) electrons. The van der Waals surface area contributed by atoms with Crippen molar-refractivity contribution in [1.82, 2.24) is 4.90 Å². The quantitative estimate of drug-likeness (QED) is 0.128. The van der Waals surface area contributed by atoms with E-state index in [1.165, 1.54) is 23.3 Å². The van der Waals surface area contributed by atoms with E-state index in [-0.39, 0.29) is 17.5 Å². The van der Waals surface area contributed by atoms with Crippen molar-refractivity contribution in [3.63, 3.8) is 0 Å². The summed E-state index contributed by atoms with van der Waals surface area (Å²) in [5, 5.41) is 42.8. The molecule has 0 bridgehead atoms. The minimum atomic E-state index is -1.28. The smallest absolute Gasteiger partial charge is 0.339 e. The number of hydrogen-bond acceptors (Lipinski definition) is 5. The van der Waals surface area contributed by atoms with Crippen LogP contribution in [0.5, 0.6) is 11.5 Å². The molecule has 0 aliphatic heterocycles. The number of nitrogens with zero attached hydrogens (tertiary/aromatic N) is 1. The Labute approximate surface area is 273 Å². The van der Waals surface area contributed by atoms with Gasteiger partial charge in [0.2, 0.25) is 0 Å². The topological polar surface area (TPSA) is 118 Å². The molecule has 0 spiro atoms. The Morgan fingerprint density at radius 1 is 0.617 bits per heavy atom. The lowest BCUT2D eigenvalue weighted by molar-refractivity contribution is 0.0682. The fraction of sp³-hybridized carbons (Fsp3) is 0.150. The van der Waals surface area contributed by atoms with Crippen molar-refractivity contribution in [2.24, 2.45) is 0 Å². The van der Waals surface area contributed by atoms with E-state index in [1.807, 2.05) is 0 Å². The molecule has 0 amide bonds. The molecule has 7 nitrogen and oxygen atoms in total. The van der Waals surface area contributed by atoms with Crippen LogP contribution in [0, 0.1) is 0 Å². The summed E-state index contributed by atoms with van der Waals surface area (Å²) >= 11 is 0. The number of carboxylic acids is 2. The predicted octanol–water partition coefficient (Wildman–Crippen LogP) is 8.14. The predicted molar refractivity (Wildman–Crippen MR) is 185 cm³/mol. The lowest BCUT2D eigenvalue weighted by atomic mass is 9.90. The maximum Gasteiger partial charge on any atom is 0.339 e. The summed E-state index contributed by atoms with van der Waals surface area (Å²) < 4.78 is 0. The molecule has 0 aliphatic carbocycles. The second-order valence-electron chi connectivity index (χ2n) is 11.7. The van der Waals surface area contributed by atoms with Gasteiger partial charge in [-0.25, -0.2) is 9.59 Å². The van der Waals surface area contributed by atoms with Crippen LogP contribution >= 0.6 is 0 Å². The summed E-state index contributed by atoms with van der Waals surface area (Å²) in [5.74, 6) is -3.36. The van der Waals surface area contributed by atoms with E-state index in [4.69, 9.17) is 0 Å². The molecule has 0 heterocycles. The summed E-state index contributed by atoms with van der Waals surface area (Å²) in [6.45, 7) is 3.30. The summed E-state index contributed by atoms with van der Waals surface area (Å²) in [7, 11) is 2.20.